The van der Waals surface area contributed by atoms with Gasteiger partial charge in [-0.1, -0.05) is 105 Å². The average molecular weight is 576 g/mol. The van der Waals surface area contributed by atoms with Gasteiger partial charge in [-0.15, -0.1) is 0 Å². The first-order chi connectivity index (χ1) is 20.5. The number of thiol groups is 1. The smallest absolute Gasteiger partial charge is 0.349 e. The molecule has 0 spiro atoms. The highest BCUT2D eigenvalue weighted by molar-refractivity contribution is 7.82. The topological polar surface area (TPSA) is 82.2 Å². The molecule has 4 aromatic carbocycles. The van der Waals surface area contributed by atoms with E-state index >= 15 is 0 Å². The van der Waals surface area contributed by atoms with Crippen LogP contribution in [0.3, 0.4) is 0 Å². The van der Waals surface area contributed by atoms with Crippen molar-refractivity contribution in [3.63, 3.8) is 0 Å². The number of anilines is 3. The van der Waals surface area contributed by atoms with E-state index < -0.39 is 6.03 Å². The van der Waals surface area contributed by atoms with Crippen LogP contribution in [0, 0.1) is 5.92 Å². The van der Waals surface area contributed by atoms with E-state index in [9.17, 15) is 9.59 Å². The Bertz CT molecular complexity index is 1620. The minimum Gasteiger partial charge on any atom is -0.350 e. The molecule has 6 rings (SSSR count). The second-order valence-electron chi connectivity index (χ2n) is 10.7. The van der Waals surface area contributed by atoms with E-state index in [2.05, 4.69) is 43.1 Å². The van der Waals surface area contributed by atoms with E-state index in [1.807, 2.05) is 48.5 Å². The number of carbonyl (C=O) groups excluding carboxylic acids is 2. The van der Waals surface area contributed by atoms with E-state index in [0.29, 0.717) is 17.9 Å². The van der Waals surface area contributed by atoms with Crippen LogP contribution in [0.2, 0.25) is 0 Å². The molecule has 0 saturated heterocycles. The maximum atomic E-state index is 14.6. The summed E-state index contributed by atoms with van der Waals surface area (Å²) in [5.74, 6) is 0.273. The van der Waals surface area contributed by atoms with Gasteiger partial charge in [0.2, 0.25) is 0 Å². The van der Waals surface area contributed by atoms with Crippen LogP contribution in [-0.2, 0) is 6.54 Å². The van der Waals surface area contributed by atoms with Gasteiger partial charge in [-0.3, -0.25) is 4.90 Å². The molecule has 2 aliphatic rings. The van der Waals surface area contributed by atoms with Crippen molar-refractivity contribution in [1.82, 2.24) is 5.01 Å². The maximum Gasteiger partial charge on any atom is 0.349 e. The molecule has 0 bridgehead atoms. The first kappa shape index (κ1) is 27.6. The summed E-state index contributed by atoms with van der Waals surface area (Å²) >= 11 is 4.19. The molecule has 7 nitrogen and oxygen atoms in total. The van der Waals surface area contributed by atoms with Crippen LogP contribution in [-0.4, -0.2) is 22.8 Å². The van der Waals surface area contributed by atoms with Crippen molar-refractivity contribution in [2.24, 2.45) is 16.8 Å². The first-order valence-corrected chi connectivity index (χ1v) is 14.7. The molecule has 0 atom stereocenters. The monoisotopic (exact) mass is 575 g/mol. The molecular formula is C34H33N5O2S. The first-order valence-electron chi connectivity index (χ1n) is 14.3. The number of fused-ring (bicyclic) bond motifs is 1. The molecule has 1 fully saturated rings. The van der Waals surface area contributed by atoms with Gasteiger partial charge in [-0.05, 0) is 59.9 Å². The number of nitrogens with two attached hydrogens (primary N) is 1. The third-order valence-corrected chi connectivity index (χ3v) is 8.46. The van der Waals surface area contributed by atoms with E-state index in [1.54, 1.807) is 34.2 Å². The lowest BCUT2D eigenvalue weighted by atomic mass is 9.83. The summed E-state index contributed by atoms with van der Waals surface area (Å²) in [6, 6.07) is 32.5. The fourth-order valence-corrected chi connectivity index (χ4v) is 6.08. The van der Waals surface area contributed by atoms with Gasteiger partial charge in [-0.2, -0.15) is 5.10 Å². The molecule has 212 valence electrons. The minimum absolute atomic E-state index is 0.249. The van der Waals surface area contributed by atoms with Gasteiger partial charge < -0.3 is 5.73 Å². The second-order valence-corrected chi connectivity index (χ2v) is 11.1. The zero-order valence-electron chi connectivity index (χ0n) is 23.3. The largest absolute Gasteiger partial charge is 0.350 e. The summed E-state index contributed by atoms with van der Waals surface area (Å²) in [5.41, 5.74) is 12.5. The van der Waals surface area contributed by atoms with Gasteiger partial charge >= 0.3 is 12.1 Å². The van der Waals surface area contributed by atoms with Gasteiger partial charge in [0.25, 0.3) is 0 Å². The molecular weight excluding hydrogens is 542 g/mol. The van der Waals surface area contributed by atoms with Crippen LogP contribution in [0.25, 0.3) is 11.1 Å². The van der Waals surface area contributed by atoms with Gasteiger partial charge in [0.15, 0.2) is 0 Å². The number of nitrogens with zero attached hydrogens (tertiary/aromatic N) is 4. The molecule has 0 unspecified atom stereocenters. The summed E-state index contributed by atoms with van der Waals surface area (Å²) in [6.07, 6.45) is 5.64. The number of hydrogen-bond acceptors (Lipinski definition) is 4. The molecule has 4 aromatic rings. The van der Waals surface area contributed by atoms with Crippen LogP contribution >= 0.6 is 12.8 Å². The standard InChI is InChI=1S/C34H33N5O2S/c35-33(40)39(42)28-21-19-27(20-22-28)38-31-18-10-9-17-30(31)32(25-13-5-2-6-14-25)36-37(34(38)41)23-26-15-7-8-16-29(26)24-11-3-1-4-12-24/h1,3-4,7-12,15-22,25,42H,2,5-6,13-14,23H2,(H2,35,40). The average Bonchev–Trinajstić information content (AvgIpc) is 3.16. The van der Waals surface area contributed by atoms with Crippen molar-refractivity contribution in [2.45, 2.75) is 38.6 Å². The highest BCUT2D eigenvalue weighted by Crippen LogP contribution is 2.38. The van der Waals surface area contributed by atoms with E-state index in [4.69, 9.17) is 10.8 Å². The molecule has 1 aliphatic heterocycles. The Morgan fingerprint density at radius 1 is 0.833 bits per heavy atom. The molecule has 1 saturated carbocycles. The number of hydrogen-bond donors (Lipinski definition) is 2. The van der Waals surface area contributed by atoms with Gasteiger partial charge in [-0.25, -0.2) is 18.9 Å². The van der Waals surface area contributed by atoms with Crippen LogP contribution in [0.1, 0.15) is 43.2 Å². The number of para-hydroxylation sites is 1. The van der Waals surface area contributed by atoms with E-state index in [0.717, 1.165) is 63.6 Å². The number of carbonyl (C=O) groups is 2. The van der Waals surface area contributed by atoms with Crippen molar-refractivity contribution in [1.29, 1.82) is 0 Å². The number of benzene rings is 4. The third-order valence-electron chi connectivity index (χ3n) is 8.04. The van der Waals surface area contributed by atoms with Gasteiger partial charge in [0, 0.05) is 11.5 Å². The fraction of sp³-hybridized carbons (Fsp3) is 0.206. The summed E-state index contributed by atoms with van der Waals surface area (Å²) in [6.45, 7) is 0.314. The third kappa shape index (κ3) is 5.50. The van der Waals surface area contributed by atoms with Gasteiger partial charge in [0.05, 0.1) is 29.3 Å². The number of rotatable bonds is 6. The van der Waals surface area contributed by atoms with Crippen molar-refractivity contribution in [3.8, 4) is 11.1 Å². The number of hydrazone groups is 1. The van der Waals surface area contributed by atoms with Crippen molar-refractivity contribution < 1.29 is 9.59 Å². The van der Waals surface area contributed by atoms with Crippen molar-refractivity contribution >= 4 is 47.7 Å². The van der Waals surface area contributed by atoms with Crippen molar-refractivity contribution in [3.05, 3.63) is 114 Å². The number of urea groups is 2. The lowest BCUT2D eigenvalue weighted by Gasteiger charge is -2.27. The molecule has 8 heteroatoms. The van der Waals surface area contributed by atoms with E-state index in [1.165, 1.54) is 6.42 Å². The SMILES string of the molecule is NC(=O)N(S)c1ccc(N2C(=O)N(Cc3ccccc3-c3ccccc3)N=C(C3CCCCC3)c3ccccc32)cc1. The van der Waals surface area contributed by atoms with Crippen LogP contribution < -0.4 is 14.9 Å². The Kier molecular flexibility index (Phi) is 7.97. The highest BCUT2D eigenvalue weighted by atomic mass is 32.1. The number of primary amides is 1. The van der Waals surface area contributed by atoms with E-state index in [-0.39, 0.29) is 11.9 Å². The summed E-state index contributed by atoms with van der Waals surface area (Å²) < 4.78 is 1.07. The van der Waals surface area contributed by atoms with Crippen LogP contribution in [0.15, 0.2) is 108 Å². The van der Waals surface area contributed by atoms with Gasteiger partial charge in [0.1, 0.15) is 0 Å². The molecule has 0 radical (unpaired) electrons. The Hall–Kier alpha value is -4.56. The quantitative estimate of drug-likeness (QED) is 0.228. The number of amides is 4. The lowest BCUT2D eigenvalue weighted by molar-refractivity contribution is 0.207. The summed E-state index contributed by atoms with van der Waals surface area (Å²) in [5, 5.41) is 6.79. The Balaban J connectivity index is 1.46. The zero-order chi connectivity index (χ0) is 29.1. The lowest BCUT2D eigenvalue weighted by Crippen LogP contribution is -2.37. The predicted molar refractivity (Wildman–Crippen MR) is 172 cm³/mol. The minimum atomic E-state index is -0.684. The maximum absolute atomic E-state index is 14.6. The van der Waals surface area contributed by atoms with Crippen molar-refractivity contribution in [2.75, 3.05) is 9.21 Å². The van der Waals surface area contributed by atoms with Crippen LogP contribution in [0.4, 0.5) is 26.7 Å². The Morgan fingerprint density at radius 3 is 2.19 bits per heavy atom. The Morgan fingerprint density at radius 2 is 1.48 bits per heavy atom. The van der Waals surface area contributed by atoms with Crippen LogP contribution in [0.5, 0.6) is 0 Å². The zero-order valence-corrected chi connectivity index (χ0v) is 24.2. The summed E-state index contributed by atoms with van der Waals surface area (Å²) in [4.78, 5) is 27.9. The predicted octanol–water partition coefficient (Wildman–Crippen LogP) is 8.14. The molecule has 1 aliphatic carbocycles. The highest BCUT2D eigenvalue weighted by Gasteiger charge is 2.34. The summed E-state index contributed by atoms with van der Waals surface area (Å²) in [7, 11) is 0. The fourth-order valence-electron chi connectivity index (χ4n) is 5.95. The normalized spacial score (nSPS) is 15.5. The molecule has 0 aromatic heterocycles. The molecule has 4 amide bonds. The Labute approximate surface area is 251 Å². The molecule has 42 heavy (non-hydrogen) atoms. The molecule has 2 N–H and O–H groups in total. The molecule has 1 heterocycles. The second kappa shape index (κ2) is 12.1.